The molecule has 1 aromatic carbocycles. The van der Waals surface area contributed by atoms with Crippen molar-refractivity contribution < 1.29 is 9.90 Å². The zero-order chi connectivity index (χ0) is 10.0. The molecule has 0 fully saturated rings. The standard InChI is InChI=1S/C8H5BrCl2O2/c9-3-4-1-5(8(12)13)7(11)6(10)2-4/h1-2H,3H2,(H,12,13). The van der Waals surface area contributed by atoms with Gasteiger partial charge in [0, 0.05) is 5.33 Å². The van der Waals surface area contributed by atoms with E-state index in [0.29, 0.717) is 5.33 Å². The fourth-order valence-corrected chi connectivity index (χ4v) is 1.63. The highest BCUT2D eigenvalue weighted by Gasteiger charge is 2.12. The van der Waals surface area contributed by atoms with Crippen LogP contribution in [0.3, 0.4) is 0 Å². The van der Waals surface area contributed by atoms with E-state index in [2.05, 4.69) is 15.9 Å². The van der Waals surface area contributed by atoms with E-state index >= 15 is 0 Å². The van der Waals surface area contributed by atoms with Crippen molar-refractivity contribution in [3.8, 4) is 0 Å². The number of rotatable bonds is 2. The molecule has 0 aliphatic rings. The molecule has 0 aromatic heterocycles. The van der Waals surface area contributed by atoms with Crippen LogP contribution in [0.15, 0.2) is 12.1 Å². The lowest BCUT2D eigenvalue weighted by Crippen LogP contribution is -1.99. The van der Waals surface area contributed by atoms with Crippen molar-refractivity contribution >= 4 is 45.1 Å². The predicted octanol–water partition coefficient (Wildman–Crippen LogP) is 3.59. The molecule has 0 bridgehead atoms. The summed E-state index contributed by atoms with van der Waals surface area (Å²) in [7, 11) is 0. The lowest BCUT2D eigenvalue weighted by Gasteiger charge is -2.03. The van der Waals surface area contributed by atoms with E-state index in [1.807, 2.05) is 0 Å². The van der Waals surface area contributed by atoms with Crippen LogP contribution in [0.2, 0.25) is 10.0 Å². The van der Waals surface area contributed by atoms with E-state index in [4.69, 9.17) is 28.3 Å². The number of hydrogen-bond acceptors (Lipinski definition) is 1. The maximum Gasteiger partial charge on any atom is 0.337 e. The third kappa shape index (κ3) is 2.36. The Morgan fingerprint density at radius 1 is 1.46 bits per heavy atom. The Hall–Kier alpha value is -0.250. The first-order chi connectivity index (χ1) is 6.06. The molecule has 0 saturated heterocycles. The third-order valence-electron chi connectivity index (χ3n) is 1.47. The summed E-state index contributed by atoms with van der Waals surface area (Å²) in [6, 6.07) is 3.12. The molecule has 0 atom stereocenters. The maximum atomic E-state index is 10.7. The molecule has 1 rings (SSSR count). The van der Waals surface area contributed by atoms with E-state index in [0.717, 1.165) is 5.56 Å². The Morgan fingerprint density at radius 3 is 2.54 bits per heavy atom. The minimum absolute atomic E-state index is 0.0311. The summed E-state index contributed by atoms with van der Waals surface area (Å²) in [6.07, 6.45) is 0. The van der Waals surface area contributed by atoms with Crippen LogP contribution in [-0.2, 0) is 5.33 Å². The van der Waals surface area contributed by atoms with Gasteiger partial charge in [-0.2, -0.15) is 0 Å². The van der Waals surface area contributed by atoms with Gasteiger partial charge >= 0.3 is 5.97 Å². The molecule has 0 spiro atoms. The van der Waals surface area contributed by atoms with Gasteiger partial charge in [-0.05, 0) is 17.7 Å². The smallest absolute Gasteiger partial charge is 0.337 e. The second-order valence-corrected chi connectivity index (χ2v) is 3.72. The third-order valence-corrected chi connectivity index (χ3v) is 2.92. The van der Waals surface area contributed by atoms with Gasteiger partial charge < -0.3 is 5.11 Å². The lowest BCUT2D eigenvalue weighted by molar-refractivity contribution is 0.0697. The average Bonchev–Trinajstić information content (AvgIpc) is 2.09. The first kappa shape index (κ1) is 10.8. The van der Waals surface area contributed by atoms with E-state index in [1.165, 1.54) is 6.07 Å². The van der Waals surface area contributed by atoms with Crippen LogP contribution >= 0.6 is 39.1 Å². The fraction of sp³-hybridized carbons (Fsp3) is 0.125. The first-order valence-electron chi connectivity index (χ1n) is 3.33. The largest absolute Gasteiger partial charge is 0.478 e. The number of halogens is 3. The highest BCUT2D eigenvalue weighted by atomic mass is 79.9. The Kier molecular flexibility index (Phi) is 3.59. The van der Waals surface area contributed by atoms with Crippen molar-refractivity contribution in [2.45, 2.75) is 5.33 Å². The molecule has 0 aliphatic heterocycles. The van der Waals surface area contributed by atoms with Crippen LogP contribution in [-0.4, -0.2) is 11.1 Å². The molecule has 5 heteroatoms. The second kappa shape index (κ2) is 4.31. The second-order valence-electron chi connectivity index (χ2n) is 2.38. The van der Waals surface area contributed by atoms with Crippen LogP contribution in [0.4, 0.5) is 0 Å². The van der Waals surface area contributed by atoms with Gasteiger partial charge in [0.1, 0.15) is 0 Å². The number of alkyl halides is 1. The average molecular weight is 284 g/mol. The summed E-state index contributed by atoms with van der Waals surface area (Å²) in [5.74, 6) is -1.07. The molecule has 1 N–H and O–H groups in total. The Balaban J connectivity index is 3.33. The molecule has 13 heavy (non-hydrogen) atoms. The molecule has 1 aromatic rings. The van der Waals surface area contributed by atoms with Gasteiger partial charge in [-0.25, -0.2) is 4.79 Å². The minimum Gasteiger partial charge on any atom is -0.478 e. The summed E-state index contributed by atoms with van der Waals surface area (Å²) in [5.41, 5.74) is 0.815. The normalized spacial score (nSPS) is 10.1. The van der Waals surface area contributed by atoms with Crippen molar-refractivity contribution in [3.05, 3.63) is 33.3 Å². The number of carboxylic acid groups (broad SMARTS) is 1. The van der Waals surface area contributed by atoms with Gasteiger partial charge in [0.2, 0.25) is 0 Å². The molecular weight excluding hydrogens is 279 g/mol. The molecule has 0 amide bonds. The van der Waals surface area contributed by atoms with Crippen molar-refractivity contribution in [2.75, 3.05) is 0 Å². The molecule has 0 radical (unpaired) electrons. The van der Waals surface area contributed by atoms with Crippen LogP contribution in [0.1, 0.15) is 15.9 Å². The summed E-state index contributed by atoms with van der Waals surface area (Å²) in [4.78, 5) is 10.7. The Bertz CT molecular complexity index is 352. The quantitative estimate of drug-likeness (QED) is 0.843. The number of carbonyl (C=O) groups is 1. The number of carboxylic acids is 1. The van der Waals surface area contributed by atoms with Crippen molar-refractivity contribution in [3.63, 3.8) is 0 Å². The molecule has 0 saturated carbocycles. The van der Waals surface area contributed by atoms with Crippen LogP contribution in [0, 0.1) is 0 Å². The maximum absolute atomic E-state index is 10.7. The van der Waals surface area contributed by atoms with Gasteiger partial charge in [-0.3, -0.25) is 0 Å². The van der Waals surface area contributed by atoms with Gasteiger partial charge in [0.15, 0.2) is 0 Å². The van der Waals surface area contributed by atoms with Crippen LogP contribution in [0.25, 0.3) is 0 Å². The predicted molar refractivity (Wildman–Crippen MR) is 56.1 cm³/mol. The van der Waals surface area contributed by atoms with E-state index in [1.54, 1.807) is 6.07 Å². The monoisotopic (exact) mass is 282 g/mol. The zero-order valence-electron chi connectivity index (χ0n) is 6.35. The zero-order valence-corrected chi connectivity index (χ0v) is 9.45. The summed E-state index contributed by atoms with van der Waals surface area (Å²) in [6.45, 7) is 0. The number of aromatic carboxylic acids is 1. The molecule has 0 heterocycles. The van der Waals surface area contributed by atoms with E-state index in [9.17, 15) is 4.79 Å². The fourth-order valence-electron chi connectivity index (χ4n) is 0.878. The molecule has 0 unspecified atom stereocenters. The van der Waals surface area contributed by atoms with Gasteiger partial charge in [0.05, 0.1) is 15.6 Å². The molecule has 70 valence electrons. The summed E-state index contributed by atoms with van der Waals surface area (Å²) in [5, 5.41) is 9.64. The minimum atomic E-state index is -1.07. The van der Waals surface area contributed by atoms with Crippen molar-refractivity contribution in [1.29, 1.82) is 0 Å². The molecule has 2 nitrogen and oxygen atoms in total. The van der Waals surface area contributed by atoms with Gasteiger partial charge in [-0.1, -0.05) is 39.1 Å². The molecule has 0 aliphatic carbocycles. The molecular formula is C8H5BrCl2O2. The highest BCUT2D eigenvalue weighted by Crippen LogP contribution is 2.28. The van der Waals surface area contributed by atoms with Crippen molar-refractivity contribution in [1.82, 2.24) is 0 Å². The summed E-state index contributed by atoms with van der Waals surface area (Å²) >= 11 is 14.6. The van der Waals surface area contributed by atoms with Crippen molar-refractivity contribution in [2.24, 2.45) is 0 Å². The number of hydrogen-bond donors (Lipinski definition) is 1. The van der Waals surface area contributed by atoms with Crippen LogP contribution in [0.5, 0.6) is 0 Å². The first-order valence-corrected chi connectivity index (χ1v) is 5.21. The van der Waals surface area contributed by atoms with E-state index in [-0.39, 0.29) is 15.6 Å². The summed E-state index contributed by atoms with van der Waals surface area (Å²) < 4.78 is 0. The topological polar surface area (TPSA) is 37.3 Å². The van der Waals surface area contributed by atoms with Gasteiger partial charge in [0.25, 0.3) is 0 Å². The Labute approximate surface area is 93.6 Å². The van der Waals surface area contributed by atoms with Gasteiger partial charge in [-0.15, -0.1) is 0 Å². The lowest BCUT2D eigenvalue weighted by atomic mass is 10.1. The van der Waals surface area contributed by atoms with Crippen LogP contribution < -0.4 is 0 Å². The SMILES string of the molecule is O=C(O)c1cc(CBr)cc(Cl)c1Cl. The highest BCUT2D eigenvalue weighted by molar-refractivity contribution is 9.08. The Morgan fingerprint density at radius 2 is 2.08 bits per heavy atom. The number of benzene rings is 1. The van der Waals surface area contributed by atoms with E-state index < -0.39 is 5.97 Å².